The minimum Gasteiger partial charge on any atom is -0.393 e. The second-order valence-electron chi connectivity index (χ2n) is 3.61. The first-order valence-corrected chi connectivity index (χ1v) is 5.91. The van der Waals surface area contributed by atoms with E-state index in [1.807, 2.05) is 6.92 Å². The number of nitrogens with one attached hydrogen (secondary N) is 1. The van der Waals surface area contributed by atoms with E-state index in [0.29, 0.717) is 11.4 Å². The highest BCUT2D eigenvalue weighted by atomic mass is 79.9. The molecule has 0 amide bonds. The summed E-state index contributed by atoms with van der Waals surface area (Å²) in [5.74, 6) is 0.743. The molecule has 0 aliphatic heterocycles. The lowest BCUT2D eigenvalue weighted by molar-refractivity contribution is 0.179. The smallest absolute Gasteiger partial charge is 0.140 e. The Kier molecular flexibility index (Phi) is 4.83. The van der Waals surface area contributed by atoms with Crippen molar-refractivity contribution in [3.8, 4) is 0 Å². The summed E-state index contributed by atoms with van der Waals surface area (Å²) >= 11 is 9.15. The number of nitrogens with zero attached hydrogens (tertiary/aromatic N) is 1. The SMILES string of the molecule is CC(O)CC(C)Nc1ncc(Cl)cc1Br. The predicted octanol–water partition coefficient (Wildman–Crippen LogP) is 3.07. The molecule has 1 aromatic rings. The second-order valence-corrected chi connectivity index (χ2v) is 4.90. The van der Waals surface area contributed by atoms with Crippen LogP contribution in [0.5, 0.6) is 0 Å². The van der Waals surface area contributed by atoms with E-state index in [4.69, 9.17) is 11.6 Å². The maximum atomic E-state index is 9.22. The number of aliphatic hydroxyl groups excluding tert-OH is 1. The van der Waals surface area contributed by atoms with Crippen LogP contribution in [0.1, 0.15) is 20.3 Å². The van der Waals surface area contributed by atoms with Crippen LogP contribution in [0.4, 0.5) is 5.82 Å². The minimum absolute atomic E-state index is 0.162. The molecule has 5 heteroatoms. The van der Waals surface area contributed by atoms with Crippen LogP contribution in [-0.2, 0) is 0 Å². The molecule has 0 spiro atoms. The monoisotopic (exact) mass is 292 g/mol. The van der Waals surface area contributed by atoms with Crippen molar-refractivity contribution in [3.63, 3.8) is 0 Å². The van der Waals surface area contributed by atoms with Gasteiger partial charge in [0, 0.05) is 12.2 Å². The molecule has 0 fully saturated rings. The molecule has 15 heavy (non-hydrogen) atoms. The van der Waals surface area contributed by atoms with Crippen LogP contribution in [0.15, 0.2) is 16.7 Å². The quantitative estimate of drug-likeness (QED) is 0.897. The minimum atomic E-state index is -0.321. The van der Waals surface area contributed by atoms with Gasteiger partial charge in [-0.2, -0.15) is 0 Å². The number of hydrogen-bond acceptors (Lipinski definition) is 3. The number of halogens is 2. The summed E-state index contributed by atoms with van der Waals surface area (Å²) in [7, 11) is 0. The standard InChI is InChI=1S/C10H14BrClN2O/c1-6(3-7(2)15)14-10-9(11)4-8(12)5-13-10/h4-7,15H,3H2,1-2H3,(H,13,14). The number of anilines is 1. The number of aliphatic hydroxyl groups is 1. The van der Waals surface area contributed by atoms with E-state index >= 15 is 0 Å². The summed E-state index contributed by atoms with van der Waals surface area (Å²) in [5.41, 5.74) is 0. The molecule has 0 radical (unpaired) electrons. The average molecular weight is 294 g/mol. The normalized spacial score (nSPS) is 14.7. The Balaban J connectivity index is 2.64. The topological polar surface area (TPSA) is 45.1 Å². The summed E-state index contributed by atoms with van der Waals surface area (Å²) in [4.78, 5) is 4.15. The molecule has 84 valence electrons. The van der Waals surface area contributed by atoms with Crippen molar-refractivity contribution >= 4 is 33.3 Å². The zero-order chi connectivity index (χ0) is 11.4. The van der Waals surface area contributed by atoms with Gasteiger partial charge in [0.1, 0.15) is 5.82 Å². The largest absolute Gasteiger partial charge is 0.393 e. The fourth-order valence-electron chi connectivity index (χ4n) is 1.32. The van der Waals surface area contributed by atoms with Gasteiger partial charge in [-0.25, -0.2) is 4.98 Å². The van der Waals surface area contributed by atoms with Crippen molar-refractivity contribution in [3.05, 3.63) is 21.8 Å². The zero-order valence-electron chi connectivity index (χ0n) is 8.67. The molecule has 0 aromatic carbocycles. The number of hydrogen-bond donors (Lipinski definition) is 2. The van der Waals surface area contributed by atoms with Crippen molar-refractivity contribution < 1.29 is 5.11 Å². The van der Waals surface area contributed by atoms with Gasteiger partial charge < -0.3 is 10.4 Å². The Bertz CT molecular complexity index is 333. The van der Waals surface area contributed by atoms with Gasteiger partial charge in [-0.3, -0.25) is 0 Å². The van der Waals surface area contributed by atoms with E-state index in [2.05, 4.69) is 26.2 Å². The van der Waals surface area contributed by atoms with Gasteiger partial charge in [0.15, 0.2) is 0 Å². The van der Waals surface area contributed by atoms with Gasteiger partial charge in [0.05, 0.1) is 15.6 Å². The van der Waals surface area contributed by atoms with E-state index in [0.717, 1.165) is 10.3 Å². The van der Waals surface area contributed by atoms with Gasteiger partial charge in [-0.15, -0.1) is 0 Å². The van der Waals surface area contributed by atoms with Crippen LogP contribution in [0.2, 0.25) is 5.02 Å². The fourth-order valence-corrected chi connectivity index (χ4v) is 2.08. The maximum absolute atomic E-state index is 9.22. The van der Waals surface area contributed by atoms with Crippen LogP contribution in [0, 0.1) is 0 Å². The van der Waals surface area contributed by atoms with E-state index in [1.54, 1.807) is 19.2 Å². The highest BCUT2D eigenvalue weighted by Gasteiger charge is 2.09. The van der Waals surface area contributed by atoms with E-state index < -0.39 is 0 Å². The number of rotatable bonds is 4. The third-order valence-corrected chi connectivity index (χ3v) is 2.70. The second kappa shape index (κ2) is 5.68. The highest BCUT2D eigenvalue weighted by Crippen LogP contribution is 2.24. The lowest BCUT2D eigenvalue weighted by Gasteiger charge is -2.16. The molecule has 1 aromatic heterocycles. The number of aromatic nitrogens is 1. The third kappa shape index (κ3) is 4.36. The lowest BCUT2D eigenvalue weighted by Crippen LogP contribution is -2.21. The molecule has 2 N–H and O–H groups in total. The van der Waals surface area contributed by atoms with Crippen molar-refractivity contribution in [2.24, 2.45) is 0 Å². The van der Waals surface area contributed by atoms with Gasteiger partial charge >= 0.3 is 0 Å². The number of pyridine rings is 1. The first-order valence-electron chi connectivity index (χ1n) is 4.74. The fraction of sp³-hybridized carbons (Fsp3) is 0.500. The maximum Gasteiger partial charge on any atom is 0.140 e. The van der Waals surface area contributed by atoms with Crippen LogP contribution in [-0.4, -0.2) is 22.2 Å². The Hall–Kier alpha value is -0.320. The van der Waals surface area contributed by atoms with Crippen LogP contribution < -0.4 is 5.32 Å². The molecule has 0 bridgehead atoms. The first-order chi connectivity index (χ1) is 6.99. The zero-order valence-corrected chi connectivity index (χ0v) is 11.0. The summed E-state index contributed by atoms with van der Waals surface area (Å²) in [6.07, 6.45) is 1.94. The highest BCUT2D eigenvalue weighted by molar-refractivity contribution is 9.10. The summed E-state index contributed by atoms with van der Waals surface area (Å²) in [5, 5.41) is 13.0. The molecule has 0 aliphatic carbocycles. The van der Waals surface area contributed by atoms with Crippen molar-refractivity contribution in [1.29, 1.82) is 0 Å². The third-order valence-electron chi connectivity index (χ3n) is 1.89. The van der Waals surface area contributed by atoms with Gasteiger partial charge in [-0.05, 0) is 42.3 Å². The van der Waals surface area contributed by atoms with E-state index in [9.17, 15) is 5.11 Å². The van der Waals surface area contributed by atoms with Crippen LogP contribution in [0.3, 0.4) is 0 Å². The molecule has 2 unspecified atom stereocenters. The molecule has 2 atom stereocenters. The van der Waals surface area contributed by atoms with Crippen molar-refractivity contribution in [2.45, 2.75) is 32.4 Å². The van der Waals surface area contributed by atoms with Gasteiger partial charge in [-0.1, -0.05) is 11.6 Å². The molecule has 0 saturated heterocycles. The molecule has 3 nitrogen and oxygen atoms in total. The van der Waals surface area contributed by atoms with Crippen LogP contribution >= 0.6 is 27.5 Å². The van der Waals surface area contributed by atoms with E-state index in [-0.39, 0.29) is 12.1 Å². The lowest BCUT2D eigenvalue weighted by atomic mass is 10.1. The van der Waals surface area contributed by atoms with Gasteiger partial charge in [0.25, 0.3) is 0 Å². The Morgan fingerprint density at radius 3 is 2.80 bits per heavy atom. The summed E-state index contributed by atoms with van der Waals surface area (Å²) in [6.45, 7) is 3.76. The molecular weight excluding hydrogens is 279 g/mol. The van der Waals surface area contributed by atoms with E-state index in [1.165, 1.54) is 0 Å². The summed E-state index contributed by atoms with van der Waals surface area (Å²) < 4.78 is 0.826. The molecule has 0 saturated carbocycles. The summed E-state index contributed by atoms with van der Waals surface area (Å²) in [6, 6.07) is 1.95. The molecule has 1 rings (SSSR count). The molecule has 0 aliphatic rings. The Morgan fingerprint density at radius 2 is 2.27 bits per heavy atom. The van der Waals surface area contributed by atoms with Crippen molar-refractivity contribution in [2.75, 3.05) is 5.32 Å². The van der Waals surface area contributed by atoms with Crippen LogP contribution in [0.25, 0.3) is 0 Å². The average Bonchev–Trinajstić information content (AvgIpc) is 2.08. The predicted molar refractivity (Wildman–Crippen MR) is 66.3 cm³/mol. The Labute approximate surface area is 103 Å². The Morgan fingerprint density at radius 1 is 1.60 bits per heavy atom. The molecular formula is C10H14BrClN2O. The first kappa shape index (κ1) is 12.7. The van der Waals surface area contributed by atoms with Crippen molar-refractivity contribution in [1.82, 2.24) is 4.98 Å². The molecule has 1 heterocycles. The van der Waals surface area contributed by atoms with Gasteiger partial charge in [0.2, 0.25) is 0 Å².